The molecule has 0 radical (unpaired) electrons. The van der Waals surface area contributed by atoms with Crippen LogP contribution in [0.1, 0.15) is 11.4 Å². The monoisotopic (exact) mass is 301 g/mol. The van der Waals surface area contributed by atoms with E-state index in [4.69, 9.17) is 5.41 Å². The van der Waals surface area contributed by atoms with Crippen molar-refractivity contribution in [3.63, 3.8) is 0 Å². The highest BCUT2D eigenvalue weighted by Gasteiger charge is 2.40. The number of hydrogen-bond acceptors (Lipinski definition) is 3. The molecule has 1 aromatic heterocycles. The van der Waals surface area contributed by atoms with Gasteiger partial charge in [-0.3, -0.25) is 5.41 Å². The normalized spacial score (nSPS) is 25.1. The average molecular weight is 301 g/mol. The first-order chi connectivity index (χ1) is 10.5. The summed E-state index contributed by atoms with van der Waals surface area (Å²) < 4.78 is 13.6. The molecule has 2 aliphatic heterocycles. The van der Waals surface area contributed by atoms with Crippen LogP contribution < -0.4 is 0 Å². The third-order valence-corrected chi connectivity index (χ3v) is 5.05. The zero-order chi connectivity index (χ0) is 15.4. The number of rotatable bonds is 1. The number of aryl methyl sites for hydroxylation is 1. The molecule has 0 bridgehead atoms. The lowest BCUT2D eigenvalue weighted by atomic mass is 10.0. The summed E-state index contributed by atoms with van der Waals surface area (Å²) in [5, 5.41) is 8.44. The number of amidine groups is 1. The van der Waals surface area contributed by atoms with Gasteiger partial charge in [-0.1, -0.05) is 0 Å². The summed E-state index contributed by atoms with van der Waals surface area (Å²) in [5.41, 5.74) is 1.95. The maximum Gasteiger partial charge on any atom is 0.173 e. The van der Waals surface area contributed by atoms with Gasteiger partial charge in [0.25, 0.3) is 0 Å². The van der Waals surface area contributed by atoms with Crippen LogP contribution in [0.4, 0.5) is 4.39 Å². The van der Waals surface area contributed by atoms with Crippen molar-refractivity contribution >= 4 is 16.9 Å². The maximum atomic E-state index is 13.6. The van der Waals surface area contributed by atoms with Gasteiger partial charge in [0.2, 0.25) is 0 Å². The molecular formula is C16H20FN5. The van der Waals surface area contributed by atoms with Gasteiger partial charge in [-0.25, -0.2) is 9.37 Å². The van der Waals surface area contributed by atoms with E-state index >= 15 is 0 Å². The Morgan fingerprint density at radius 3 is 2.64 bits per heavy atom. The summed E-state index contributed by atoms with van der Waals surface area (Å²) in [5.74, 6) is 2.00. The molecule has 2 N–H and O–H groups in total. The van der Waals surface area contributed by atoms with Crippen LogP contribution in [0.3, 0.4) is 0 Å². The van der Waals surface area contributed by atoms with Crippen molar-refractivity contribution in [3.8, 4) is 0 Å². The van der Waals surface area contributed by atoms with Crippen LogP contribution in [0, 0.1) is 30.0 Å². The molecule has 6 heteroatoms. The summed E-state index contributed by atoms with van der Waals surface area (Å²) in [6.07, 6.45) is 0. The number of hydrogen-bond donors (Lipinski definition) is 2. The van der Waals surface area contributed by atoms with Crippen LogP contribution in [-0.4, -0.2) is 58.8 Å². The Morgan fingerprint density at radius 2 is 1.95 bits per heavy atom. The summed E-state index contributed by atoms with van der Waals surface area (Å²) >= 11 is 0. The van der Waals surface area contributed by atoms with E-state index < -0.39 is 0 Å². The number of nitrogens with one attached hydrogen (secondary N) is 2. The first-order valence-electron chi connectivity index (χ1n) is 7.70. The second-order valence-electron chi connectivity index (χ2n) is 6.65. The van der Waals surface area contributed by atoms with E-state index in [0.717, 1.165) is 31.7 Å². The molecule has 2 aromatic rings. The van der Waals surface area contributed by atoms with Crippen LogP contribution in [-0.2, 0) is 0 Å². The van der Waals surface area contributed by atoms with Crippen LogP contribution >= 0.6 is 0 Å². The number of aromatic amines is 1. The van der Waals surface area contributed by atoms with Gasteiger partial charge in [-0.2, -0.15) is 0 Å². The lowest BCUT2D eigenvalue weighted by molar-refractivity contribution is 0.347. The zero-order valence-corrected chi connectivity index (χ0v) is 12.9. The maximum absolute atomic E-state index is 13.6. The number of aromatic nitrogens is 2. The Bertz CT molecular complexity index is 738. The van der Waals surface area contributed by atoms with Gasteiger partial charge in [-0.05, 0) is 37.9 Å². The fourth-order valence-corrected chi connectivity index (χ4v) is 3.86. The standard InChI is InChI=1S/C16H20FN5/c1-9-12(17)3-4-13-14(9)20-16(19-13)15(18)22-7-10-5-21(2)6-11(10)8-22/h3-4,10-11,18H,5-8H2,1-2H3,(H,19,20)/t10-,11+. The number of halogens is 1. The third kappa shape index (κ3) is 2.01. The molecule has 22 heavy (non-hydrogen) atoms. The quantitative estimate of drug-likeness (QED) is 0.624. The lowest BCUT2D eigenvalue weighted by Crippen LogP contribution is -2.33. The molecular weight excluding hydrogens is 281 g/mol. The third-order valence-electron chi connectivity index (χ3n) is 5.05. The van der Waals surface area contributed by atoms with E-state index in [1.807, 2.05) is 0 Å². The Morgan fingerprint density at radius 1 is 1.27 bits per heavy atom. The van der Waals surface area contributed by atoms with Crippen molar-refractivity contribution in [2.75, 3.05) is 33.2 Å². The van der Waals surface area contributed by atoms with E-state index in [1.165, 1.54) is 6.07 Å². The van der Waals surface area contributed by atoms with Gasteiger partial charge >= 0.3 is 0 Å². The number of benzene rings is 1. The predicted molar refractivity (Wildman–Crippen MR) is 83.7 cm³/mol. The molecule has 2 atom stereocenters. The summed E-state index contributed by atoms with van der Waals surface area (Å²) in [7, 11) is 2.16. The van der Waals surface area contributed by atoms with Gasteiger partial charge < -0.3 is 14.8 Å². The van der Waals surface area contributed by atoms with Crippen LogP contribution in [0.5, 0.6) is 0 Å². The fraction of sp³-hybridized carbons (Fsp3) is 0.500. The first-order valence-corrected chi connectivity index (χ1v) is 7.70. The highest BCUT2D eigenvalue weighted by Crippen LogP contribution is 2.31. The lowest BCUT2D eigenvalue weighted by Gasteiger charge is -2.20. The SMILES string of the molecule is Cc1c(F)ccc2[nH]c(C(=N)N3C[C@H]4CN(C)C[C@H]4C3)nc12. The van der Waals surface area contributed by atoms with Crippen LogP contribution in [0.15, 0.2) is 12.1 Å². The summed E-state index contributed by atoms with van der Waals surface area (Å²) in [4.78, 5) is 12.1. The Kier molecular flexibility index (Phi) is 2.97. The average Bonchev–Trinajstić information content (AvgIpc) is 3.14. The highest BCUT2D eigenvalue weighted by atomic mass is 19.1. The van der Waals surface area contributed by atoms with E-state index in [9.17, 15) is 4.39 Å². The predicted octanol–water partition coefficient (Wildman–Crippen LogP) is 1.83. The Balaban J connectivity index is 1.60. The molecule has 0 spiro atoms. The van der Waals surface area contributed by atoms with E-state index in [0.29, 0.717) is 34.6 Å². The molecule has 0 aliphatic carbocycles. The second kappa shape index (κ2) is 4.78. The van der Waals surface area contributed by atoms with Crippen molar-refractivity contribution in [3.05, 3.63) is 29.3 Å². The molecule has 3 heterocycles. The molecule has 116 valence electrons. The smallest absolute Gasteiger partial charge is 0.173 e. The van der Waals surface area contributed by atoms with Gasteiger partial charge in [0.05, 0.1) is 11.0 Å². The van der Waals surface area contributed by atoms with Crippen molar-refractivity contribution in [2.45, 2.75) is 6.92 Å². The molecule has 2 fully saturated rings. The summed E-state index contributed by atoms with van der Waals surface area (Å²) in [6, 6.07) is 3.13. The molecule has 0 saturated carbocycles. The molecule has 4 rings (SSSR count). The van der Waals surface area contributed by atoms with Gasteiger partial charge in [0.15, 0.2) is 11.7 Å². The molecule has 5 nitrogen and oxygen atoms in total. The zero-order valence-electron chi connectivity index (χ0n) is 12.9. The van der Waals surface area contributed by atoms with E-state index in [-0.39, 0.29) is 5.82 Å². The largest absolute Gasteiger partial charge is 0.353 e. The molecule has 1 aromatic carbocycles. The van der Waals surface area contributed by atoms with Crippen molar-refractivity contribution in [1.82, 2.24) is 19.8 Å². The molecule has 2 saturated heterocycles. The second-order valence-corrected chi connectivity index (χ2v) is 6.65. The minimum atomic E-state index is -0.254. The number of likely N-dealkylation sites (tertiary alicyclic amines) is 2. The van der Waals surface area contributed by atoms with Crippen LogP contribution in [0.2, 0.25) is 0 Å². The van der Waals surface area contributed by atoms with Crippen LogP contribution in [0.25, 0.3) is 11.0 Å². The van der Waals surface area contributed by atoms with E-state index in [2.05, 4.69) is 26.8 Å². The topological polar surface area (TPSA) is 59.0 Å². The molecule has 0 amide bonds. The minimum Gasteiger partial charge on any atom is -0.353 e. The molecule has 2 aliphatic rings. The Hall–Kier alpha value is -1.95. The number of fused-ring (bicyclic) bond motifs is 2. The van der Waals surface area contributed by atoms with E-state index in [1.54, 1.807) is 13.0 Å². The van der Waals surface area contributed by atoms with Gasteiger partial charge in [0, 0.05) is 31.7 Å². The highest BCUT2D eigenvalue weighted by molar-refractivity contribution is 5.96. The molecule has 0 unspecified atom stereocenters. The van der Waals surface area contributed by atoms with Crippen molar-refractivity contribution in [1.29, 1.82) is 5.41 Å². The van der Waals surface area contributed by atoms with Crippen molar-refractivity contribution < 1.29 is 4.39 Å². The van der Waals surface area contributed by atoms with Gasteiger partial charge in [-0.15, -0.1) is 0 Å². The first kappa shape index (κ1) is 13.7. The Labute approximate surface area is 128 Å². The summed E-state index contributed by atoms with van der Waals surface area (Å²) in [6.45, 7) is 5.77. The fourth-order valence-electron chi connectivity index (χ4n) is 3.86. The number of H-pyrrole nitrogens is 1. The minimum absolute atomic E-state index is 0.254. The number of nitrogens with zero attached hydrogens (tertiary/aromatic N) is 3. The van der Waals surface area contributed by atoms with Crippen molar-refractivity contribution in [2.24, 2.45) is 11.8 Å². The number of imidazole rings is 1. The van der Waals surface area contributed by atoms with Gasteiger partial charge in [0.1, 0.15) is 5.82 Å².